The molecule has 0 saturated heterocycles. The Morgan fingerprint density at radius 2 is 1.71 bits per heavy atom. The summed E-state index contributed by atoms with van der Waals surface area (Å²) in [5.41, 5.74) is 11.0. The van der Waals surface area contributed by atoms with E-state index in [1.54, 1.807) is 0 Å². The average molecular weight is 588 g/mol. The molecule has 4 heteroatoms. The minimum atomic E-state index is -0.0649. The smallest absolute Gasteiger partial charge is 0.231 e. The molecule has 0 fully saturated rings. The van der Waals surface area contributed by atoms with Gasteiger partial charge in [0.25, 0.3) is 0 Å². The molecule has 0 radical (unpaired) electrons. The topological polar surface area (TPSA) is 38.2 Å². The first kappa shape index (κ1) is 26.8. The Bertz CT molecular complexity index is 2000. The monoisotopic (exact) mass is 587 g/mol. The van der Waals surface area contributed by atoms with Gasteiger partial charge < -0.3 is 9.64 Å². The van der Waals surface area contributed by atoms with Crippen LogP contribution in [0, 0.1) is 11.8 Å². The lowest BCUT2D eigenvalue weighted by atomic mass is 9.74. The first-order valence-corrected chi connectivity index (χ1v) is 16.4. The van der Waals surface area contributed by atoms with Gasteiger partial charge in [-0.3, -0.25) is 0 Å². The van der Waals surface area contributed by atoms with Gasteiger partial charge in [-0.05, 0) is 58.6 Å². The van der Waals surface area contributed by atoms with E-state index in [1.807, 2.05) is 0 Å². The summed E-state index contributed by atoms with van der Waals surface area (Å²) in [6.45, 7) is 5.34. The van der Waals surface area contributed by atoms with Crippen LogP contribution in [0.25, 0.3) is 28.2 Å². The van der Waals surface area contributed by atoms with Crippen molar-refractivity contribution in [3.05, 3.63) is 143 Å². The number of nitrogens with zero attached hydrogens (tertiary/aromatic N) is 3. The van der Waals surface area contributed by atoms with Crippen LogP contribution >= 0.6 is 0 Å². The number of hydrogen-bond donors (Lipinski definition) is 0. The molecule has 1 aromatic heterocycles. The van der Waals surface area contributed by atoms with Crippen molar-refractivity contribution >= 4 is 22.9 Å². The highest BCUT2D eigenvalue weighted by Gasteiger charge is 2.55. The maximum atomic E-state index is 6.80. The molecule has 0 bridgehead atoms. The van der Waals surface area contributed by atoms with Crippen molar-refractivity contribution in [1.82, 2.24) is 9.97 Å². The maximum Gasteiger partial charge on any atom is 0.231 e. The molecule has 0 amide bonds. The number of hydrogen-bond acceptors (Lipinski definition) is 4. The third kappa shape index (κ3) is 4.08. The molecule has 0 N–H and O–H groups in total. The van der Waals surface area contributed by atoms with Gasteiger partial charge in [-0.2, -0.15) is 0 Å². The van der Waals surface area contributed by atoms with Crippen LogP contribution < -0.4 is 4.90 Å². The van der Waals surface area contributed by atoms with E-state index in [4.69, 9.17) is 14.7 Å². The van der Waals surface area contributed by atoms with Gasteiger partial charge in [0.1, 0.15) is 0 Å². The molecule has 3 aliphatic carbocycles. The van der Waals surface area contributed by atoms with Gasteiger partial charge in [-0.25, -0.2) is 9.97 Å². The lowest BCUT2D eigenvalue weighted by molar-refractivity contribution is 0.0733. The van der Waals surface area contributed by atoms with Crippen LogP contribution in [-0.4, -0.2) is 22.7 Å². The molecule has 3 heterocycles. The lowest BCUT2D eigenvalue weighted by Gasteiger charge is -2.32. The van der Waals surface area contributed by atoms with Crippen molar-refractivity contribution in [2.24, 2.45) is 11.8 Å². The van der Waals surface area contributed by atoms with Gasteiger partial charge in [-0.15, -0.1) is 0 Å². The first-order valence-electron chi connectivity index (χ1n) is 16.4. The fourth-order valence-electron chi connectivity index (χ4n) is 8.60. The molecule has 2 aliphatic heterocycles. The number of fused-ring (bicyclic) bond motifs is 8. The summed E-state index contributed by atoms with van der Waals surface area (Å²) in [6, 6.07) is 24.2. The summed E-state index contributed by atoms with van der Waals surface area (Å²) in [7, 11) is 0. The van der Waals surface area contributed by atoms with E-state index in [0.717, 1.165) is 47.4 Å². The Morgan fingerprint density at radius 1 is 0.867 bits per heavy atom. The van der Waals surface area contributed by atoms with Crippen molar-refractivity contribution < 1.29 is 4.74 Å². The Labute approximate surface area is 265 Å². The van der Waals surface area contributed by atoms with E-state index in [-0.39, 0.29) is 23.5 Å². The molecular formula is C41H37N3O. The SMILES string of the molecule is CC1(C)c2ccccc2C2C1C1=C(COC3C=CC=CC3CC=C1)N2c1nc(-c2ccccc2)c2ccc3c(c2n1)CCC=C3. The molecule has 4 atom stereocenters. The van der Waals surface area contributed by atoms with Gasteiger partial charge in [0, 0.05) is 22.8 Å². The van der Waals surface area contributed by atoms with Gasteiger partial charge in [0.15, 0.2) is 0 Å². The molecule has 0 spiro atoms. The van der Waals surface area contributed by atoms with Crippen LogP contribution in [0.15, 0.2) is 121 Å². The van der Waals surface area contributed by atoms with E-state index < -0.39 is 0 Å². The van der Waals surface area contributed by atoms with Gasteiger partial charge in [0.05, 0.1) is 35.7 Å². The number of ether oxygens (including phenoxy) is 1. The largest absolute Gasteiger partial charge is 0.367 e. The number of anilines is 1. The molecule has 9 rings (SSSR count). The maximum absolute atomic E-state index is 6.80. The van der Waals surface area contributed by atoms with Crippen molar-refractivity contribution in [3.8, 4) is 11.3 Å². The molecule has 4 unspecified atom stereocenters. The normalized spacial score (nSPS) is 25.7. The number of rotatable bonds is 2. The van der Waals surface area contributed by atoms with Crippen LogP contribution in [0.3, 0.4) is 0 Å². The van der Waals surface area contributed by atoms with E-state index in [1.165, 1.54) is 33.5 Å². The third-order valence-corrected chi connectivity index (χ3v) is 10.7. The minimum Gasteiger partial charge on any atom is -0.367 e. The second kappa shape index (κ2) is 10.3. The second-order valence-corrected chi connectivity index (χ2v) is 13.6. The summed E-state index contributed by atoms with van der Waals surface area (Å²) < 4.78 is 6.80. The van der Waals surface area contributed by atoms with Crippen molar-refractivity contribution in [2.75, 3.05) is 11.5 Å². The van der Waals surface area contributed by atoms with Crippen LogP contribution in [0.5, 0.6) is 0 Å². The highest BCUT2D eigenvalue weighted by atomic mass is 16.5. The van der Waals surface area contributed by atoms with E-state index >= 15 is 0 Å². The van der Waals surface area contributed by atoms with E-state index in [0.29, 0.717) is 12.5 Å². The van der Waals surface area contributed by atoms with Crippen molar-refractivity contribution in [1.29, 1.82) is 0 Å². The molecule has 0 saturated carbocycles. The fourth-order valence-corrected chi connectivity index (χ4v) is 8.60. The Hall–Kier alpha value is -4.54. The van der Waals surface area contributed by atoms with E-state index in [9.17, 15) is 0 Å². The summed E-state index contributed by atoms with van der Waals surface area (Å²) in [5.74, 6) is 1.36. The highest BCUT2D eigenvalue weighted by molar-refractivity contribution is 5.97. The predicted molar refractivity (Wildman–Crippen MR) is 183 cm³/mol. The number of aryl methyl sites for hydroxylation is 1. The number of benzene rings is 3. The predicted octanol–water partition coefficient (Wildman–Crippen LogP) is 9.07. The quantitative estimate of drug-likeness (QED) is 0.235. The zero-order valence-electron chi connectivity index (χ0n) is 25.9. The van der Waals surface area contributed by atoms with Gasteiger partial charge in [-0.1, -0.05) is 123 Å². The average Bonchev–Trinajstić information content (AvgIpc) is 3.55. The van der Waals surface area contributed by atoms with Crippen molar-refractivity contribution in [3.63, 3.8) is 0 Å². The Balaban J connectivity index is 1.30. The summed E-state index contributed by atoms with van der Waals surface area (Å²) >= 11 is 0. The number of allylic oxidation sites excluding steroid dienone is 5. The zero-order chi connectivity index (χ0) is 30.1. The van der Waals surface area contributed by atoms with Crippen LogP contribution in [-0.2, 0) is 16.6 Å². The second-order valence-electron chi connectivity index (χ2n) is 13.6. The standard InChI is InChI=1S/C41H37N3O/c1-41(2)33-21-10-9-19-30(33)39-36(41)31-20-12-17-27-14-7-11-22-35(27)45-25-34(31)44(39)40-42-37(28-15-4-3-5-16-28)32-24-23-26-13-6-8-18-29(26)38(32)43-40/h3-7,9-16,19-24,27,35-36,39H,8,17-18,25H2,1-2H3. The summed E-state index contributed by atoms with van der Waals surface area (Å²) in [6.07, 6.45) is 21.1. The molecule has 222 valence electrons. The van der Waals surface area contributed by atoms with E-state index in [2.05, 4.69) is 134 Å². The van der Waals surface area contributed by atoms with Crippen molar-refractivity contribution in [2.45, 2.75) is 50.7 Å². The molecule has 5 aliphatic rings. The van der Waals surface area contributed by atoms with Crippen LogP contribution in [0.4, 0.5) is 5.95 Å². The summed E-state index contributed by atoms with van der Waals surface area (Å²) in [4.78, 5) is 13.5. The van der Waals surface area contributed by atoms with Crippen LogP contribution in [0.1, 0.15) is 55.0 Å². The molecule has 4 nitrogen and oxygen atoms in total. The third-order valence-electron chi connectivity index (χ3n) is 10.7. The molecular weight excluding hydrogens is 550 g/mol. The molecule has 4 aromatic rings. The Kier molecular flexibility index (Phi) is 6.11. The number of aromatic nitrogens is 2. The zero-order valence-corrected chi connectivity index (χ0v) is 25.9. The van der Waals surface area contributed by atoms with Gasteiger partial charge >= 0.3 is 0 Å². The molecule has 3 aromatic carbocycles. The summed E-state index contributed by atoms with van der Waals surface area (Å²) in [5, 5.41) is 1.11. The van der Waals surface area contributed by atoms with Crippen LogP contribution in [0.2, 0.25) is 0 Å². The fraction of sp³-hybridized carbons (Fsp3) is 0.268. The minimum absolute atomic E-state index is 0.0466. The highest BCUT2D eigenvalue weighted by Crippen LogP contribution is 2.60. The lowest BCUT2D eigenvalue weighted by Crippen LogP contribution is -2.32. The Morgan fingerprint density at radius 3 is 2.62 bits per heavy atom. The molecule has 45 heavy (non-hydrogen) atoms. The van der Waals surface area contributed by atoms with Gasteiger partial charge in [0.2, 0.25) is 5.95 Å². The first-order chi connectivity index (χ1) is 22.1.